The Balaban J connectivity index is 0.00000240. The first-order chi connectivity index (χ1) is 13.5. The second-order valence-corrected chi connectivity index (χ2v) is 7.77. The number of fused-ring (bicyclic) bond motifs is 3. The summed E-state index contributed by atoms with van der Waals surface area (Å²) < 4.78 is 21.3. The van der Waals surface area contributed by atoms with E-state index in [1.807, 2.05) is 0 Å². The molecule has 0 bridgehead atoms. The molecule has 29 heavy (non-hydrogen) atoms. The van der Waals surface area contributed by atoms with E-state index in [2.05, 4.69) is 41.6 Å². The van der Waals surface area contributed by atoms with Gasteiger partial charge in [-0.3, -0.25) is 0 Å². The highest BCUT2D eigenvalue weighted by molar-refractivity contribution is 5.86. The molecule has 0 aliphatic carbocycles. The lowest BCUT2D eigenvalue weighted by molar-refractivity contribution is 0.156. The third kappa shape index (κ3) is 4.02. The number of aliphatic hydroxyl groups excluding tert-OH is 1. The van der Waals surface area contributed by atoms with Gasteiger partial charge in [0.2, 0.25) is 0 Å². The predicted molar refractivity (Wildman–Crippen MR) is 116 cm³/mol. The van der Waals surface area contributed by atoms with Gasteiger partial charge in [-0.1, -0.05) is 25.1 Å². The van der Waals surface area contributed by atoms with Gasteiger partial charge in [0.05, 0.1) is 19.8 Å². The molecule has 0 amide bonds. The highest BCUT2D eigenvalue weighted by atomic mass is 19.1. The molecule has 5 heteroatoms. The van der Waals surface area contributed by atoms with Crippen LogP contribution in [-0.4, -0.2) is 41.8 Å². The number of methoxy groups -OCH3 is 1. The van der Waals surface area contributed by atoms with Crippen LogP contribution in [0.15, 0.2) is 36.4 Å². The zero-order valence-corrected chi connectivity index (χ0v) is 16.7. The number of rotatable bonds is 4. The van der Waals surface area contributed by atoms with Crippen molar-refractivity contribution in [1.29, 1.82) is 0 Å². The number of hydrogen-bond donors (Lipinski definition) is 1. The number of aryl methyl sites for hydroxylation is 1. The molecule has 0 spiro atoms. The molecule has 0 radical (unpaired) electrons. The van der Waals surface area contributed by atoms with E-state index in [0.29, 0.717) is 12.1 Å². The van der Waals surface area contributed by atoms with Crippen molar-refractivity contribution in [2.24, 2.45) is 0 Å². The minimum Gasteiger partial charge on any atom is -0.494 e. The zero-order chi connectivity index (χ0) is 19.8. The van der Waals surface area contributed by atoms with E-state index in [1.54, 1.807) is 12.1 Å². The molecular weight excluding hydrogens is 367 g/mol. The summed E-state index contributed by atoms with van der Waals surface area (Å²) in [5.74, 6) is -0.262. The summed E-state index contributed by atoms with van der Waals surface area (Å²) in [6.07, 6.45) is 1.16. The fraction of sp³-hybridized carbons (Fsp3) is 0.417. The first-order valence-corrected chi connectivity index (χ1v) is 9.78. The summed E-state index contributed by atoms with van der Waals surface area (Å²) in [4.78, 5) is 2.35. The Hall–Kier alpha value is -2.37. The van der Waals surface area contributed by atoms with Gasteiger partial charge in [-0.25, -0.2) is 4.39 Å². The minimum absolute atomic E-state index is 0. The van der Waals surface area contributed by atoms with Crippen molar-refractivity contribution in [1.82, 2.24) is 9.47 Å². The largest absolute Gasteiger partial charge is 0.494 e. The van der Waals surface area contributed by atoms with E-state index in [9.17, 15) is 9.50 Å². The highest BCUT2D eigenvalue weighted by Gasteiger charge is 2.22. The second-order valence-electron chi connectivity index (χ2n) is 7.77. The predicted octanol–water partition coefficient (Wildman–Crippen LogP) is 4.50. The van der Waals surface area contributed by atoms with Crippen LogP contribution in [0.5, 0.6) is 5.75 Å². The van der Waals surface area contributed by atoms with Crippen LogP contribution in [0, 0.1) is 12.7 Å². The maximum Gasteiger partial charge on any atom is 0.165 e. The Morgan fingerprint density at radius 2 is 1.90 bits per heavy atom. The molecule has 1 aliphatic heterocycles. The second kappa shape index (κ2) is 8.56. The van der Waals surface area contributed by atoms with E-state index in [1.165, 1.54) is 35.4 Å². The van der Waals surface area contributed by atoms with E-state index in [4.69, 9.17) is 4.74 Å². The molecule has 3 aromatic rings. The van der Waals surface area contributed by atoms with Crippen LogP contribution in [0.25, 0.3) is 10.9 Å². The number of aliphatic hydroxyl groups is 1. The van der Waals surface area contributed by atoms with Crippen molar-refractivity contribution in [3.05, 3.63) is 64.6 Å². The van der Waals surface area contributed by atoms with Crippen molar-refractivity contribution in [2.45, 2.75) is 39.8 Å². The first kappa shape index (κ1) is 21.3. The van der Waals surface area contributed by atoms with Gasteiger partial charge in [-0.2, -0.15) is 0 Å². The number of nitrogens with zero attached hydrogens (tertiary/aromatic N) is 2. The minimum atomic E-state index is -0.789. The Kier molecular flexibility index (Phi) is 6.30. The molecule has 1 N–H and O–H groups in total. The van der Waals surface area contributed by atoms with Crippen LogP contribution in [-0.2, 0) is 19.4 Å². The number of hydrogen-bond acceptors (Lipinski definition) is 3. The molecule has 4 rings (SSSR count). The van der Waals surface area contributed by atoms with Gasteiger partial charge in [0.15, 0.2) is 11.6 Å². The summed E-state index contributed by atoms with van der Waals surface area (Å²) in [6, 6.07) is 11.2. The lowest BCUT2D eigenvalue weighted by Crippen LogP contribution is -2.21. The smallest absolute Gasteiger partial charge is 0.165 e. The monoisotopic (exact) mass is 398 g/mol. The number of benzene rings is 2. The molecule has 0 saturated heterocycles. The van der Waals surface area contributed by atoms with Gasteiger partial charge in [0, 0.05) is 36.1 Å². The molecule has 156 valence electrons. The molecule has 0 fully saturated rings. The third-order valence-corrected chi connectivity index (χ3v) is 5.83. The highest BCUT2D eigenvalue weighted by Crippen LogP contribution is 2.32. The van der Waals surface area contributed by atoms with Gasteiger partial charge in [-0.05, 0) is 55.8 Å². The summed E-state index contributed by atoms with van der Waals surface area (Å²) in [6.45, 7) is 4.55. The topological polar surface area (TPSA) is 37.6 Å². The maximum absolute atomic E-state index is 14.1. The average Bonchev–Trinajstić information content (AvgIpc) is 2.81. The van der Waals surface area contributed by atoms with Crippen molar-refractivity contribution in [2.75, 3.05) is 27.2 Å². The quantitative estimate of drug-likeness (QED) is 0.703. The summed E-state index contributed by atoms with van der Waals surface area (Å²) in [5, 5.41) is 12.2. The van der Waals surface area contributed by atoms with Gasteiger partial charge in [0.1, 0.15) is 0 Å². The molecule has 1 aromatic heterocycles. The fourth-order valence-corrected chi connectivity index (χ4v) is 4.24. The van der Waals surface area contributed by atoms with E-state index in [-0.39, 0.29) is 13.2 Å². The van der Waals surface area contributed by atoms with Crippen LogP contribution in [0.1, 0.15) is 35.9 Å². The van der Waals surface area contributed by atoms with Crippen LogP contribution >= 0.6 is 0 Å². The molecule has 1 aliphatic rings. The number of aromatic nitrogens is 1. The van der Waals surface area contributed by atoms with E-state index in [0.717, 1.165) is 31.4 Å². The molecule has 1 unspecified atom stereocenters. The summed E-state index contributed by atoms with van der Waals surface area (Å²) >= 11 is 0. The fourth-order valence-electron chi connectivity index (χ4n) is 4.24. The molecular formula is C24H31FN2O2. The van der Waals surface area contributed by atoms with E-state index < -0.39 is 11.9 Å². The molecule has 2 aromatic carbocycles. The van der Waals surface area contributed by atoms with Crippen LogP contribution in [0.3, 0.4) is 0 Å². The Labute approximate surface area is 172 Å². The van der Waals surface area contributed by atoms with Crippen LogP contribution < -0.4 is 4.74 Å². The Morgan fingerprint density at radius 3 is 2.62 bits per heavy atom. The van der Waals surface area contributed by atoms with E-state index >= 15 is 0 Å². The van der Waals surface area contributed by atoms with Crippen LogP contribution in [0.2, 0.25) is 0 Å². The van der Waals surface area contributed by atoms with Crippen molar-refractivity contribution in [3.8, 4) is 5.75 Å². The average molecular weight is 399 g/mol. The molecule has 4 nitrogen and oxygen atoms in total. The maximum atomic E-state index is 14.1. The first-order valence-electron chi connectivity index (χ1n) is 9.78. The van der Waals surface area contributed by atoms with Crippen molar-refractivity contribution >= 4 is 10.9 Å². The summed E-state index contributed by atoms with van der Waals surface area (Å²) in [5.41, 5.74) is 5.62. The van der Waals surface area contributed by atoms with Crippen molar-refractivity contribution < 1.29 is 14.2 Å². The Morgan fingerprint density at radius 1 is 1.14 bits per heavy atom. The van der Waals surface area contributed by atoms with Gasteiger partial charge in [0.25, 0.3) is 0 Å². The standard InChI is InChI=1S/C23H27FN2O2.CH4/c1-15-4-6-20-18(12-15)17-8-10-25(2)11-9-21(17)26(20)14-22(27)16-5-7-23(28-3)19(24)13-16;/h4-7,12-13,22,27H,8-11,14H2,1-3H3;1H4. The molecule has 1 atom stereocenters. The zero-order valence-electron chi connectivity index (χ0n) is 16.7. The molecule has 0 saturated carbocycles. The molecule has 2 heterocycles. The van der Waals surface area contributed by atoms with Gasteiger partial charge in [-0.15, -0.1) is 0 Å². The third-order valence-electron chi connectivity index (χ3n) is 5.83. The SMILES string of the molecule is C.COc1ccc(C(O)Cn2c3c(c4cc(C)ccc42)CCN(C)CC3)cc1F. The summed E-state index contributed by atoms with van der Waals surface area (Å²) in [7, 11) is 3.59. The van der Waals surface area contributed by atoms with Gasteiger partial charge >= 0.3 is 0 Å². The number of halogens is 1. The van der Waals surface area contributed by atoms with Gasteiger partial charge < -0.3 is 19.3 Å². The Bertz CT molecular complexity index is 1010. The van der Waals surface area contributed by atoms with Crippen LogP contribution in [0.4, 0.5) is 4.39 Å². The lowest BCUT2D eigenvalue weighted by Gasteiger charge is -2.18. The number of likely N-dealkylation sites (N-methyl/N-ethyl adjacent to an activating group) is 1. The number of ether oxygens (including phenoxy) is 1. The lowest BCUT2D eigenvalue weighted by atomic mass is 10.1. The normalized spacial score (nSPS) is 15.5. The van der Waals surface area contributed by atoms with Crippen molar-refractivity contribution in [3.63, 3.8) is 0 Å².